The van der Waals surface area contributed by atoms with E-state index in [1.807, 2.05) is 0 Å². The Morgan fingerprint density at radius 2 is 2.10 bits per heavy atom. The van der Waals surface area contributed by atoms with Gasteiger partial charge in [-0.1, -0.05) is 0 Å². The fraction of sp³-hybridized carbons (Fsp3) is 0.333. The molecular weight excluding hydrogens is 273 g/mol. The fourth-order valence-electron chi connectivity index (χ4n) is 2.18. The second-order valence-corrected chi connectivity index (χ2v) is 4.56. The smallest absolute Gasteiger partial charge is 0.236 e. The lowest BCUT2D eigenvalue weighted by molar-refractivity contribution is -0.132. The van der Waals surface area contributed by atoms with E-state index in [0.29, 0.717) is 18.9 Å². The molecule has 0 aliphatic carbocycles. The Kier molecular flexibility index (Phi) is 3.09. The van der Waals surface area contributed by atoms with Crippen LogP contribution in [0.2, 0.25) is 0 Å². The van der Waals surface area contributed by atoms with Gasteiger partial charge >= 0.3 is 0 Å². The van der Waals surface area contributed by atoms with Gasteiger partial charge < -0.3 is 15.2 Å². The van der Waals surface area contributed by atoms with Gasteiger partial charge in [0, 0.05) is 19.2 Å². The number of aromatic amines is 1. The van der Waals surface area contributed by atoms with Crippen LogP contribution in [0.25, 0.3) is 11.0 Å². The van der Waals surface area contributed by atoms with E-state index in [0.717, 1.165) is 6.07 Å². The summed E-state index contributed by atoms with van der Waals surface area (Å²) in [6.45, 7) is 1.54. The van der Waals surface area contributed by atoms with Crippen molar-refractivity contribution in [1.29, 1.82) is 0 Å². The fourth-order valence-corrected chi connectivity index (χ4v) is 2.18. The van der Waals surface area contributed by atoms with E-state index < -0.39 is 17.5 Å². The molecule has 8 heteroatoms. The van der Waals surface area contributed by atoms with E-state index in [4.69, 9.17) is 0 Å². The first kappa shape index (κ1) is 12.9. The number of nitrogens with one attached hydrogen (secondary N) is 2. The SMILES string of the molecule is O=C1CNCCN1Cc1nc2cc(F)c(F)c(F)c2[nH]1. The van der Waals surface area contributed by atoms with Crippen LogP contribution in [0, 0.1) is 17.5 Å². The number of hydrogen-bond acceptors (Lipinski definition) is 3. The van der Waals surface area contributed by atoms with Crippen LogP contribution in [0.15, 0.2) is 6.07 Å². The van der Waals surface area contributed by atoms with E-state index in [-0.39, 0.29) is 30.0 Å². The third kappa shape index (κ3) is 2.11. The number of fused-ring (bicyclic) bond motifs is 1. The van der Waals surface area contributed by atoms with Gasteiger partial charge in [-0.05, 0) is 0 Å². The normalized spacial score (nSPS) is 16.1. The summed E-state index contributed by atoms with van der Waals surface area (Å²) in [6.07, 6.45) is 0. The molecular formula is C12H11F3N4O. The van der Waals surface area contributed by atoms with Crippen LogP contribution in [-0.2, 0) is 11.3 Å². The van der Waals surface area contributed by atoms with Gasteiger partial charge in [0.1, 0.15) is 11.3 Å². The molecule has 1 aromatic carbocycles. The Labute approximate surface area is 111 Å². The predicted octanol–water partition coefficient (Wildman–Crippen LogP) is 0.912. The zero-order chi connectivity index (χ0) is 14.3. The average Bonchev–Trinajstić information content (AvgIpc) is 2.82. The van der Waals surface area contributed by atoms with E-state index in [1.165, 1.54) is 0 Å². The molecule has 2 aromatic rings. The minimum atomic E-state index is -1.54. The molecule has 0 radical (unpaired) electrons. The average molecular weight is 284 g/mol. The molecule has 0 unspecified atom stereocenters. The van der Waals surface area contributed by atoms with Crippen molar-refractivity contribution in [3.05, 3.63) is 29.3 Å². The minimum absolute atomic E-state index is 0.000941. The van der Waals surface area contributed by atoms with Gasteiger partial charge in [-0.3, -0.25) is 4.79 Å². The third-order valence-electron chi connectivity index (χ3n) is 3.19. The number of nitrogens with zero attached hydrogens (tertiary/aromatic N) is 2. The lowest BCUT2D eigenvalue weighted by Crippen LogP contribution is -2.47. The number of imidazole rings is 1. The highest BCUT2D eigenvalue weighted by Crippen LogP contribution is 2.21. The van der Waals surface area contributed by atoms with Crippen LogP contribution in [0.1, 0.15) is 5.82 Å². The number of amides is 1. The summed E-state index contributed by atoms with van der Waals surface area (Å²) in [5.41, 5.74) is -0.194. The summed E-state index contributed by atoms with van der Waals surface area (Å²) < 4.78 is 39.8. The molecule has 1 aliphatic heterocycles. The highest BCUT2D eigenvalue weighted by molar-refractivity contribution is 5.79. The third-order valence-corrected chi connectivity index (χ3v) is 3.19. The monoisotopic (exact) mass is 284 g/mol. The molecule has 1 aliphatic rings. The predicted molar refractivity (Wildman–Crippen MR) is 64.3 cm³/mol. The molecule has 1 saturated heterocycles. The Balaban J connectivity index is 1.93. The first-order valence-corrected chi connectivity index (χ1v) is 6.07. The molecule has 3 rings (SSSR count). The summed E-state index contributed by atoms with van der Waals surface area (Å²) in [6, 6.07) is 0.827. The Morgan fingerprint density at radius 3 is 2.85 bits per heavy atom. The van der Waals surface area contributed by atoms with Crippen molar-refractivity contribution in [2.45, 2.75) is 6.54 Å². The van der Waals surface area contributed by atoms with Crippen LogP contribution in [-0.4, -0.2) is 40.4 Å². The van der Waals surface area contributed by atoms with Gasteiger partial charge in [0.2, 0.25) is 5.91 Å². The minimum Gasteiger partial charge on any atom is -0.338 e. The van der Waals surface area contributed by atoms with Gasteiger partial charge in [0.15, 0.2) is 17.5 Å². The Hall–Kier alpha value is -2.09. The van der Waals surface area contributed by atoms with E-state index in [1.54, 1.807) is 4.90 Å². The van der Waals surface area contributed by atoms with Crippen molar-refractivity contribution in [2.75, 3.05) is 19.6 Å². The number of aromatic nitrogens is 2. The number of piperazine rings is 1. The van der Waals surface area contributed by atoms with Gasteiger partial charge in [0.25, 0.3) is 0 Å². The maximum absolute atomic E-state index is 13.6. The first-order chi connectivity index (χ1) is 9.56. The second-order valence-electron chi connectivity index (χ2n) is 4.56. The molecule has 2 N–H and O–H groups in total. The van der Waals surface area contributed by atoms with Crippen LogP contribution in [0.5, 0.6) is 0 Å². The molecule has 1 aromatic heterocycles. The molecule has 2 heterocycles. The molecule has 0 bridgehead atoms. The number of H-pyrrole nitrogens is 1. The van der Waals surface area contributed by atoms with Gasteiger partial charge in [0.05, 0.1) is 18.6 Å². The number of benzene rings is 1. The molecule has 5 nitrogen and oxygen atoms in total. The quantitative estimate of drug-likeness (QED) is 0.806. The largest absolute Gasteiger partial charge is 0.338 e. The molecule has 0 atom stereocenters. The zero-order valence-electron chi connectivity index (χ0n) is 10.3. The van der Waals surface area contributed by atoms with Crippen LogP contribution < -0.4 is 5.32 Å². The topological polar surface area (TPSA) is 61.0 Å². The highest BCUT2D eigenvalue weighted by Gasteiger charge is 2.21. The van der Waals surface area contributed by atoms with Crippen LogP contribution in [0.4, 0.5) is 13.2 Å². The lowest BCUT2D eigenvalue weighted by atomic mass is 10.3. The summed E-state index contributed by atoms with van der Waals surface area (Å²) in [4.78, 5) is 19.7. The maximum atomic E-state index is 13.6. The summed E-state index contributed by atoms with van der Waals surface area (Å²) in [5, 5.41) is 2.92. The summed E-state index contributed by atoms with van der Waals surface area (Å²) in [5.74, 6) is -3.93. The van der Waals surface area contributed by atoms with Crippen molar-refractivity contribution in [3.63, 3.8) is 0 Å². The molecule has 0 saturated carbocycles. The summed E-state index contributed by atoms with van der Waals surface area (Å²) in [7, 11) is 0. The van der Waals surface area contributed by atoms with Crippen LogP contribution >= 0.6 is 0 Å². The van der Waals surface area contributed by atoms with E-state index in [9.17, 15) is 18.0 Å². The number of halogens is 3. The number of rotatable bonds is 2. The van der Waals surface area contributed by atoms with Gasteiger partial charge in [-0.15, -0.1) is 0 Å². The zero-order valence-corrected chi connectivity index (χ0v) is 10.3. The van der Waals surface area contributed by atoms with Crippen molar-refractivity contribution >= 4 is 16.9 Å². The number of carbonyl (C=O) groups is 1. The standard InChI is InChI=1S/C12H11F3N4O/c13-6-3-7-12(11(15)10(6)14)18-8(17-7)5-19-2-1-16-4-9(19)20/h3,16H,1-2,4-5H2,(H,17,18). The Bertz CT molecular complexity index is 685. The number of hydrogen-bond donors (Lipinski definition) is 2. The lowest BCUT2D eigenvalue weighted by Gasteiger charge is -2.26. The van der Waals surface area contributed by atoms with E-state index in [2.05, 4.69) is 15.3 Å². The maximum Gasteiger partial charge on any atom is 0.236 e. The van der Waals surface area contributed by atoms with Crippen molar-refractivity contribution in [3.8, 4) is 0 Å². The van der Waals surface area contributed by atoms with Crippen molar-refractivity contribution in [2.24, 2.45) is 0 Å². The molecule has 0 spiro atoms. The van der Waals surface area contributed by atoms with E-state index >= 15 is 0 Å². The van der Waals surface area contributed by atoms with Crippen molar-refractivity contribution < 1.29 is 18.0 Å². The summed E-state index contributed by atoms with van der Waals surface area (Å²) >= 11 is 0. The van der Waals surface area contributed by atoms with Crippen molar-refractivity contribution in [1.82, 2.24) is 20.2 Å². The molecule has 106 valence electrons. The van der Waals surface area contributed by atoms with Gasteiger partial charge in [-0.2, -0.15) is 0 Å². The molecule has 1 fully saturated rings. The Morgan fingerprint density at radius 1 is 1.30 bits per heavy atom. The molecule has 1 amide bonds. The second kappa shape index (κ2) is 4.78. The molecule has 20 heavy (non-hydrogen) atoms. The first-order valence-electron chi connectivity index (χ1n) is 6.07. The van der Waals surface area contributed by atoms with Crippen LogP contribution in [0.3, 0.4) is 0 Å². The number of carbonyl (C=O) groups excluding carboxylic acids is 1. The highest BCUT2D eigenvalue weighted by atomic mass is 19.2. The van der Waals surface area contributed by atoms with Gasteiger partial charge in [-0.25, -0.2) is 18.2 Å².